The van der Waals surface area contributed by atoms with E-state index in [4.69, 9.17) is 16.3 Å². The summed E-state index contributed by atoms with van der Waals surface area (Å²) in [5.41, 5.74) is -0.00109. The Morgan fingerprint density at radius 1 is 1.00 bits per heavy atom. The molecule has 1 atom stereocenters. The molecule has 31 heavy (non-hydrogen) atoms. The van der Waals surface area contributed by atoms with Gasteiger partial charge in [0.1, 0.15) is 11.4 Å². The molecule has 1 spiro atoms. The summed E-state index contributed by atoms with van der Waals surface area (Å²) >= 11 is 5.95. The zero-order chi connectivity index (χ0) is 21.4. The fraction of sp³-hybridized carbons (Fsp3) is 0.522. The predicted molar refractivity (Wildman–Crippen MR) is 116 cm³/mol. The minimum absolute atomic E-state index is 0.00777. The molecule has 7 nitrogen and oxygen atoms in total. The van der Waals surface area contributed by atoms with E-state index < -0.39 is 11.7 Å². The number of imidazole rings is 1. The second-order valence-electron chi connectivity index (χ2n) is 8.69. The van der Waals surface area contributed by atoms with Gasteiger partial charge in [0.2, 0.25) is 0 Å². The maximum atomic E-state index is 13.2. The number of aromatic nitrogens is 2. The Kier molecular flexibility index (Phi) is 5.48. The molecule has 0 bridgehead atoms. The van der Waals surface area contributed by atoms with Crippen molar-refractivity contribution in [2.24, 2.45) is 0 Å². The van der Waals surface area contributed by atoms with Gasteiger partial charge in [-0.2, -0.15) is 0 Å². The Bertz CT molecular complexity index is 959. The first-order valence-electron chi connectivity index (χ1n) is 11.1. The largest absolute Gasteiger partial charge is 0.352 e. The quantitative estimate of drug-likeness (QED) is 0.716. The number of benzene rings is 1. The lowest BCUT2D eigenvalue weighted by atomic mass is 9.88. The molecule has 0 aliphatic carbocycles. The number of likely N-dealkylation sites (tertiary alicyclic amines) is 2. The summed E-state index contributed by atoms with van der Waals surface area (Å²) in [6.07, 6.45) is 7.74. The SMILES string of the molecule is O=C(c1ccc(Cl)cc1)N1CCC2(CC1)OC(C(=O)N1CCCCC1)Cn1ccnc12. The minimum Gasteiger partial charge on any atom is -0.352 e. The summed E-state index contributed by atoms with van der Waals surface area (Å²) in [7, 11) is 0. The Morgan fingerprint density at radius 2 is 1.71 bits per heavy atom. The number of hydrogen-bond acceptors (Lipinski definition) is 4. The normalized spacial score (nSPS) is 22.9. The molecule has 1 aromatic heterocycles. The molecule has 2 fully saturated rings. The molecular weight excluding hydrogens is 416 g/mol. The molecule has 2 amide bonds. The van der Waals surface area contributed by atoms with Gasteiger partial charge in [0.25, 0.3) is 11.8 Å². The number of carbonyl (C=O) groups excluding carboxylic acids is 2. The van der Waals surface area contributed by atoms with Crippen molar-refractivity contribution in [3.05, 3.63) is 53.1 Å². The molecule has 0 N–H and O–H groups in total. The molecule has 3 aliphatic rings. The number of amides is 2. The number of rotatable bonds is 2. The van der Waals surface area contributed by atoms with Gasteiger partial charge in [-0.3, -0.25) is 9.59 Å². The number of piperidine rings is 2. The summed E-state index contributed by atoms with van der Waals surface area (Å²) in [6.45, 7) is 3.23. The van der Waals surface area contributed by atoms with Gasteiger partial charge in [-0.25, -0.2) is 4.98 Å². The van der Waals surface area contributed by atoms with Crippen molar-refractivity contribution >= 4 is 23.4 Å². The van der Waals surface area contributed by atoms with E-state index >= 15 is 0 Å². The molecule has 8 heteroatoms. The highest BCUT2D eigenvalue weighted by atomic mass is 35.5. The van der Waals surface area contributed by atoms with E-state index in [1.165, 1.54) is 6.42 Å². The topological polar surface area (TPSA) is 67.7 Å². The molecule has 0 radical (unpaired) electrons. The maximum absolute atomic E-state index is 13.2. The Morgan fingerprint density at radius 3 is 2.42 bits per heavy atom. The van der Waals surface area contributed by atoms with Gasteiger partial charge >= 0.3 is 0 Å². The molecule has 1 unspecified atom stereocenters. The molecule has 3 aliphatic heterocycles. The summed E-state index contributed by atoms with van der Waals surface area (Å²) in [4.78, 5) is 34.5. The third-order valence-corrected chi connectivity index (χ3v) is 7.00. The van der Waals surface area contributed by atoms with Crippen molar-refractivity contribution in [3.8, 4) is 0 Å². The van der Waals surface area contributed by atoms with E-state index in [0.29, 0.717) is 43.1 Å². The van der Waals surface area contributed by atoms with Gasteiger partial charge in [-0.05, 0) is 43.5 Å². The minimum atomic E-state index is -0.630. The highest BCUT2D eigenvalue weighted by Crippen LogP contribution is 2.40. The predicted octanol–water partition coefficient (Wildman–Crippen LogP) is 3.08. The zero-order valence-corrected chi connectivity index (χ0v) is 18.3. The van der Waals surface area contributed by atoms with Crippen molar-refractivity contribution in [3.63, 3.8) is 0 Å². The third kappa shape index (κ3) is 3.85. The highest BCUT2D eigenvalue weighted by molar-refractivity contribution is 6.30. The van der Waals surface area contributed by atoms with Gasteiger partial charge in [0.15, 0.2) is 6.10 Å². The van der Waals surface area contributed by atoms with E-state index in [9.17, 15) is 9.59 Å². The van der Waals surface area contributed by atoms with Gasteiger partial charge in [0.05, 0.1) is 6.54 Å². The summed E-state index contributed by atoms with van der Waals surface area (Å²) in [5, 5.41) is 0.612. The van der Waals surface area contributed by atoms with E-state index in [2.05, 4.69) is 9.55 Å². The first-order valence-corrected chi connectivity index (χ1v) is 11.5. The number of hydrogen-bond donors (Lipinski definition) is 0. The second-order valence-corrected chi connectivity index (χ2v) is 9.13. The zero-order valence-electron chi connectivity index (χ0n) is 17.5. The van der Waals surface area contributed by atoms with Crippen molar-refractivity contribution in [2.75, 3.05) is 26.2 Å². The van der Waals surface area contributed by atoms with Crippen molar-refractivity contribution in [1.29, 1.82) is 0 Å². The maximum Gasteiger partial charge on any atom is 0.253 e. The number of nitrogens with zero attached hydrogens (tertiary/aromatic N) is 4. The molecule has 5 rings (SSSR count). The van der Waals surface area contributed by atoms with E-state index in [1.807, 2.05) is 16.0 Å². The lowest BCUT2D eigenvalue weighted by Crippen LogP contribution is -2.55. The van der Waals surface area contributed by atoms with Gasteiger partial charge < -0.3 is 19.1 Å². The molecule has 2 saturated heterocycles. The van der Waals surface area contributed by atoms with E-state index in [0.717, 1.165) is 31.8 Å². The molecule has 0 saturated carbocycles. The number of carbonyl (C=O) groups is 2. The van der Waals surface area contributed by atoms with Crippen LogP contribution in [0.15, 0.2) is 36.7 Å². The van der Waals surface area contributed by atoms with Crippen LogP contribution in [0.3, 0.4) is 0 Å². The van der Waals surface area contributed by atoms with Gasteiger partial charge in [-0.15, -0.1) is 0 Å². The van der Waals surface area contributed by atoms with Crippen molar-refractivity contribution < 1.29 is 14.3 Å². The average molecular weight is 443 g/mol. The van der Waals surface area contributed by atoms with Crippen LogP contribution in [-0.2, 0) is 21.7 Å². The third-order valence-electron chi connectivity index (χ3n) is 6.75. The van der Waals surface area contributed by atoms with Crippen molar-refractivity contribution in [1.82, 2.24) is 19.4 Å². The highest BCUT2D eigenvalue weighted by Gasteiger charge is 2.48. The van der Waals surface area contributed by atoms with E-state index in [-0.39, 0.29) is 11.8 Å². The van der Waals surface area contributed by atoms with Crippen LogP contribution in [-0.4, -0.2) is 63.4 Å². The monoisotopic (exact) mass is 442 g/mol. The average Bonchev–Trinajstić information content (AvgIpc) is 3.30. The van der Waals surface area contributed by atoms with Crippen LogP contribution >= 0.6 is 11.6 Å². The smallest absolute Gasteiger partial charge is 0.253 e. The van der Waals surface area contributed by atoms with Crippen LogP contribution in [0.5, 0.6) is 0 Å². The van der Waals surface area contributed by atoms with Crippen LogP contribution in [0.4, 0.5) is 0 Å². The Labute approximate surface area is 186 Å². The summed E-state index contributed by atoms with van der Waals surface area (Å²) in [5.74, 6) is 0.943. The Hall–Kier alpha value is -2.38. The lowest BCUT2D eigenvalue weighted by molar-refractivity contribution is -0.180. The molecular formula is C23H27ClN4O3. The number of fused-ring (bicyclic) bond motifs is 2. The van der Waals surface area contributed by atoms with E-state index in [1.54, 1.807) is 30.5 Å². The van der Waals surface area contributed by atoms with Crippen LogP contribution in [0, 0.1) is 0 Å². The van der Waals surface area contributed by atoms with Gasteiger partial charge in [-0.1, -0.05) is 11.6 Å². The summed E-state index contributed by atoms with van der Waals surface area (Å²) < 4.78 is 8.60. The Balaban J connectivity index is 1.32. The molecule has 4 heterocycles. The number of halogens is 1. The molecule has 164 valence electrons. The first-order chi connectivity index (χ1) is 15.1. The standard InChI is InChI=1S/C23H27ClN4O3/c24-18-6-4-17(5-7-18)20(29)27-13-8-23(9-14-27)22-25-10-15-28(22)16-19(31-23)21(30)26-11-2-1-3-12-26/h4-7,10,15,19H,1-3,8-9,11-14,16H2. The first kappa shape index (κ1) is 20.5. The molecule has 2 aromatic rings. The van der Waals surface area contributed by atoms with Gasteiger partial charge in [0, 0.05) is 62.0 Å². The van der Waals surface area contributed by atoms with Crippen molar-refractivity contribution in [2.45, 2.75) is 50.4 Å². The fourth-order valence-corrected chi connectivity index (χ4v) is 5.16. The lowest BCUT2D eigenvalue weighted by Gasteiger charge is -2.46. The second kappa shape index (κ2) is 8.28. The number of ether oxygens (including phenoxy) is 1. The van der Waals surface area contributed by atoms with Crippen LogP contribution in [0.1, 0.15) is 48.3 Å². The van der Waals surface area contributed by atoms with Crippen LogP contribution in [0.25, 0.3) is 0 Å². The summed E-state index contributed by atoms with van der Waals surface area (Å²) in [6, 6.07) is 6.98. The molecule has 1 aromatic carbocycles. The van der Waals surface area contributed by atoms with Crippen LogP contribution < -0.4 is 0 Å². The fourth-order valence-electron chi connectivity index (χ4n) is 5.03. The van der Waals surface area contributed by atoms with Crippen LogP contribution in [0.2, 0.25) is 5.02 Å².